The summed E-state index contributed by atoms with van der Waals surface area (Å²) in [6.45, 7) is 1.77. The van der Waals surface area contributed by atoms with E-state index in [1.165, 1.54) is 0 Å². The third-order valence-electron chi connectivity index (χ3n) is 3.86. The standard InChI is InChI=1S/C18H13FN2/c1-11-6-8-13-14(10-20-18(13)17(11)19)16-9-7-12-4-2-3-5-15(12)21-16/h2-10,20H,1H3. The molecule has 0 aliphatic carbocycles. The fourth-order valence-corrected chi connectivity index (χ4v) is 2.70. The van der Waals surface area contributed by atoms with Gasteiger partial charge in [-0.3, -0.25) is 0 Å². The molecular weight excluding hydrogens is 263 g/mol. The van der Waals surface area contributed by atoms with Crippen molar-refractivity contribution in [1.82, 2.24) is 9.97 Å². The quantitative estimate of drug-likeness (QED) is 0.530. The fraction of sp³-hybridized carbons (Fsp3) is 0.0556. The van der Waals surface area contributed by atoms with E-state index in [1.54, 1.807) is 13.0 Å². The molecule has 0 unspecified atom stereocenters. The molecule has 3 heteroatoms. The SMILES string of the molecule is Cc1ccc2c(-c3ccc4ccccc4n3)c[nH]c2c1F. The van der Waals surface area contributed by atoms with Crippen LogP contribution in [-0.2, 0) is 0 Å². The number of nitrogens with one attached hydrogen (secondary N) is 1. The monoisotopic (exact) mass is 276 g/mol. The minimum Gasteiger partial charge on any atom is -0.358 e. The van der Waals surface area contributed by atoms with Crippen LogP contribution in [-0.4, -0.2) is 9.97 Å². The lowest BCUT2D eigenvalue weighted by Gasteiger charge is -2.03. The van der Waals surface area contributed by atoms with Gasteiger partial charge in [0.15, 0.2) is 0 Å². The van der Waals surface area contributed by atoms with E-state index >= 15 is 0 Å². The zero-order chi connectivity index (χ0) is 14.4. The van der Waals surface area contributed by atoms with Crippen molar-refractivity contribution in [3.05, 3.63) is 66.1 Å². The molecular formula is C18H13FN2. The van der Waals surface area contributed by atoms with Crippen LogP contribution in [0.3, 0.4) is 0 Å². The van der Waals surface area contributed by atoms with Crippen LogP contribution in [0.2, 0.25) is 0 Å². The molecule has 2 heterocycles. The van der Waals surface area contributed by atoms with Gasteiger partial charge in [0.05, 0.1) is 16.7 Å². The normalized spacial score (nSPS) is 11.3. The first kappa shape index (κ1) is 12.1. The number of hydrogen-bond acceptors (Lipinski definition) is 1. The summed E-state index contributed by atoms with van der Waals surface area (Å²) in [5.41, 5.74) is 3.90. The van der Waals surface area contributed by atoms with Crippen molar-refractivity contribution < 1.29 is 4.39 Å². The van der Waals surface area contributed by atoms with Crippen molar-refractivity contribution in [2.24, 2.45) is 0 Å². The van der Waals surface area contributed by atoms with E-state index in [2.05, 4.69) is 9.97 Å². The highest BCUT2D eigenvalue weighted by atomic mass is 19.1. The predicted molar refractivity (Wildman–Crippen MR) is 83.7 cm³/mol. The van der Waals surface area contributed by atoms with Crippen LogP contribution >= 0.6 is 0 Å². The van der Waals surface area contributed by atoms with Crippen molar-refractivity contribution in [2.75, 3.05) is 0 Å². The van der Waals surface area contributed by atoms with Gasteiger partial charge in [0.25, 0.3) is 0 Å². The number of para-hydroxylation sites is 1. The van der Waals surface area contributed by atoms with Crippen LogP contribution in [0.25, 0.3) is 33.1 Å². The maximum atomic E-state index is 14.1. The first-order valence-corrected chi connectivity index (χ1v) is 6.86. The average molecular weight is 276 g/mol. The molecule has 0 spiro atoms. The Balaban J connectivity index is 1.98. The van der Waals surface area contributed by atoms with Crippen LogP contribution in [0.15, 0.2) is 54.7 Å². The number of nitrogens with zero attached hydrogens (tertiary/aromatic N) is 1. The van der Waals surface area contributed by atoms with Gasteiger partial charge in [0.1, 0.15) is 5.82 Å². The molecule has 2 nitrogen and oxygen atoms in total. The summed E-state index contributed by atoms with van der Waals surface area (Å²) in [5.74, 6) is -0.195. The molecule has 4 rings (SSSR count). The Morgan fingerprint density at radius 1 is 1.00 bits per heavy atom. The fourth-order valence-electron chi connectivity index (χ4n) is 2.70. The van der Waals surface area contributed by atoms with E-state index in [1.807, 2.05) is 48.7 Å². The summed E-state index contributed by atoms with van der Waals surface area (Å²) in [6, 6.07) is 15.7. The number of hydrogen-bond donors (Lipinski definition) is 1. The van der Waals surface area contributed by atoms with Gasteiger partial charge in [0, 0.05) is 22.5 Å². The highest BCUT2D eigenvalue weighted by molar-refractivity contribution is 5.96. The van der Waals surface area contributed by atoms with Crippen molar-refractivity contribution in [1.29, 1.82) is 0 Å². The first-order valence-electron chi connectivity index (χ1n) is 6.86. The maximum Gasteiger partial charge on any atom is 0.150 e. The number of benzene rings is 2. The lowest BCUT2D eigenvalue weighted by atomic mass is 10.1. The first-order chi connectivity index (χ1) is 10.2. The molecule has 21 heavy (non-hydrogen) atoms. The molecule has 0 radical (unpaired) electrons. The Kier molecular flexibility index (Phi) is 2.54. The molecule has 0 bridgehead atoms. The van der Waals surface area contributed by atoms with Gasteiger partial charge in [0.2, 0.25) is 0 Å². The number of H-pyrrole nitrogens is 1. The van der Waals surface area contributed by atoms with Crippen molar-refractivity contribution in [3.8, 4) is 11.3 Å². The molecule has 0 aliphatic rings. The summed E-state index contributed by atoms with van der Waals surface area (Å²) in [6.07, 6.45) is 1.82. The van der Waals surface area contributed by atoms with Crippen molar-refractivity contribution in [3.63, 3.8) is 0 Å². The summed E-state index contributed by atoms with van der Waals surface area (Å²) in [5, 5.41) is 1.96. The minimum atomic E-state index is -0.195. The van der Waals surface area contributed by atoms with Gasteiger partial charge < -0.3 is 4.98 Å². The molecule has 4 aromatic rings. The number of aryl methyl sites for hydroxylation is 1. The van der Waals surface area contributed by atoms with Gasteiger partial charge in [-0.2, -0.15) is 0 Å². The summed E-state index contributed by atoms with van der Waals surface area (Å²) < 4.78 is 14.1. The molecule has 1 N–H and O–H groups in total. The molecule has 2 aromatic carbocycles. The molecule has 0 aliphatic heterocycles. The number of halogens is 1. The molecule has 0 saturated carbocycles. The molecule has 2 aromatic heterocycles. The Hall–Kier alpha value is -2.68. The second kappa shape index (κ2) is 4.42. The van der Waals surface area contributed by atoms with Gasteiger partial charge in [-0.25, -0.2) is 9.37 Å². The molecule has 0 amide bonds. The van der Waals surface area contributed by atoms with Crippen LogP contribution in [0.1, 0.15) is 5.56 Å². The van der Waals surface area contributed by atoms with Gasteiger partial charge in [-0.15, -0.1) is 0 Å². The summed E-state index contributed by atoms with van der Waals surface area (Å²) in [4.78, 5) is 7.71. The predicted octanol–water partition coefficient (Wildman–Crippen LogP) is 4.83. The van der Waals surface area contributed by atoms with E-state index in [4.69, 9.17) is 0 Å². The number of aromatic nitrogens is 2. The third-order valence-corrected chi connectivity index (χ3v) is 3.86. The number of rotatable bonds is 1. The number of pyridine rings is 1. The van der Waals surface area contributed by atoms with Crippen LogP contribution in [0.5, 0.6) is 0 Å². The maximum absolute atomic E-state index is 14.1. The Morgan fingerprint density at radius 2 is 1.86 bits per heavy atom. The molecule has 102 valence electrons. The lowest BCUT2D eigenvalue weighted by Crippen LogP contribution is -1.86. The zero-order valence-corrected chi connectivity index (χ0v) is 11.5. The Labute approximate surface area is 121 Å². The summed E-state index contributed by atoms with van der Waals surface area (Å²) >= 11 is 0. The highest BCUT2D eigenvalue weighted by Crippen LogP contribution is 2.30. The Bertz CT molecular complexity index is 969. The minimum absolute atomic E-state index is 0.195. The molecule has 0 saturated heterocycles. The smallest absolute Gasteiger partial charge is 0.150 e. The van der Waals surface area contributed by atoms with E-state index < -0.39 is 0 Å². The zero-order valence-electron chi connectivity index (χ0n) is 11.5. The Morgan fingerprint density at radius 3 is 2.76 bits per heavy atom. The van der Waals surface area contributed by atoms with E-state index in [-0.39, 0.29) is 5.82 Å². The molecule has 0 atom stereocenters. The summed E-state index contributed by atoms with van der Waals surface area (Å²) in [7, 11) is 0. The van der Waals surface area contributed by atoms with E-state index in [0.717, 1.165) is 27.5 Å². The largest absolute Gasteiger partial charge is 0.358 e. The van der Waals surface area contributed by atoms with Crippen LogP contribution in [0, 0.1) is 12.7 Å². The van der Waals surface area contributed by atoms with E-state index in [0.29, 0.717) is 11.1 Å². The second-order valence-electron chi connectivity index (χ2n) is 5.21. The third kappa shape index (κ3) is 1.82. The lowest BCUT2D eigenvalue weighted by molar-refractivity contribution is 0.628. The van der Waals surface area contributed by atoms with E-state index in [9.17, 15) is 4.39 Å². The van der Waals surface area contributed by atoms with Crippen molar-refractivity contribution >= 4 is 21.8 Å². The van der Waals surface area contributed by atoms with Gasteiger partial charge >= 0.3 is 0 Å². The van der Waals surface area contributed by atoms with Crippen LogP contribution in [0.4, 0.5) is 4.39 Å². The average Bonchev–Trinajstić information content (AvgIpc) is 2.95. The number of fused-ring (bicyclic) bond motifs is 2. The topological polar surface area (TPSA) is 28.7 Å². The number of aromatic amines is 1. The second-order valence-corrected chi connectivity index (χ2v) is 5.21. The van der Waals surface area contributed by atoms with Crippen LogP contribution < -0.4 is 0 Å². The molecule has 0 fully saturated rings. The van der Waals surface area contributed by atoms with Gasteiger partial charge in [-0.1, -0.05) is 36.4 Å². The van der Waals surface area contributed by atoms with Crippen molar-refractivity contribution in [2.45, 2.75) is 6.92 Å². The van der Waals surface area contributed by atoms with Gasteiger partial charge in [-0.05, 0) is 24.6 Å². The highest BCUT2D eigenvalue weighted by Gasteiger charge is 2.12.